The molecule has 2 N–H and O–H groups in total. The van der Waals surface area contributed by atoms with Crippen molar-refractivity contribution in [2.75, 3.05) is 6.16 Å². The zero-order chi connectivity index (χ0) is 15.3. The monoisotopic (exact) mass is 304 g/mol. The molecule has 0 heterocycles. The fourth-order valence-corrected chi connectivity index (χ4v) is 3.11. The van der Waals surface area contributed by atoms with E-state index in [-0.39, 0.29) is 12.1 Å². The van der Waals surface area contributed by atoms with E-state index in [2.05, 4.69) is 43.3 Å². The standard InChI is InChI=1S/C17H21O3P/c1-14-9-11-16(12-10-14)17(8-5-13-21(18,19)20)15-6-3-2-4-7-15/h2-4,6-7,9-12,17H,5,8,13H2,1H3,(H2,18,19,20). The van der Waals surface area contributed by atoms with Crippen LogP contribution in [-0.2, 0) is 4.57 Å². The molecule has 0 aliphatic heterocycles. The fourth-order valence-electron chi connectivity index (χ4n) is 2.51. The molecular weight excluding hydrogens is 283 g/mol. The molecule has 2 rings (SSSR count). The molecule has 0 amide bonds. The highest BCUT2D eigenvalue weighted by Crippen LogP contribution is 2.38. The lowest BCUT2D eigenvalue weighted by atomic mass is 9.87. The minimum Gasteiger partial charge on any atom is -0.324 e. The Morgan fingerprint density at radius 3 is 2.10 bits per heavy atom. The summed E-state index contributed by atoms with van der Waals surface area (Å²) in [6.07, 6.45) is 1.19. The largest absolute Gasteiger partial charge is 0.325 e. The highest BCUT2D eigenvalue weighted by molar-refractivity contribution is 7.51. The van der Waals surface area contributed by atoms with Crippen molar-refractivity contribution in [1.82, 2.24) is 0 Å². The third-order valence-electron chi connectivity index (χ3n) is 3.62. The van der Waals surface area contributed by atoms with Crippen LogP contribution in [0.5, 0.6) is 0 Å². The Balaban J connectivity index is 2.19. The van der Waals surface area contributed by atoms with Gasteiger partial charge in [0.1, 0.15) is 0 Å². The summed E-state index contributed by atoms with van der Waals surface area (Å²) < 4.78 is 11.0. The number of aryl methyl sites for hydroxylation is 1. The molecule has 0 spiro atoms. The van der Waals surface area contributed by atoms with Crippen molar-refractivity contribution in [2.45, 2.75) is 25.7 Å². The van der Waals surface area contributed by atoms with Gasteiger partial charge in [0.05, 0.1) is 0 Å². The molecule has 0 saturated heterocycles. The fraction of sp³-hybridized carbons (Fsp3) is 0.294. The second-order valence-electron chi connectivity index (χ2n) is 5.40. The molecule has 0 saturated carbocycles. The number of hydrogen-bond acceptors (Lipinski definition) is 1. The average Bonchev–Trinajstić information content (AvgIpc) is 2.45. The molecule has 0 bridgehead atoms. The summed E-state index contributed by atoms with van der Waals surface area (Å²) in [6.45, 7) is 2.05. The van der Waals surface area contributed by atoms with Gasteiger partial charge in [-0.3, -0.25) is 4.57 Å². The molecule has 0 fully saturated rings. The molecule has 0 aliphatic carbocycles. The summed E-state index contributed by atoms with van der Waals surface area (Å²) in [4.78, 5) is 18.0. The van der Waals surface area contributed by atoms with E-state index in [0.717, 1.165) is 6.42 Å². The van der Waals surface area contributed by atoms with Gasteiger partial charge in [0.15, 0.2) is 0 Å². The van der Waals surface area contributed by atoms with Crippen molar-refractivity contribution in [3.8, 4) is 0 Å². The van der Waals surface area contributed by atoms with Gasteiger partial charge >= 0.3 is 7.60 Å². The summed E-state index contributed by atoms with van der Waals surface area (Å²) in [7, 11) is -3.91. The number of hydrogen-bond donors (Lipinski definition) is 2. The Bertz CT molecular complexity index is 602. The van der Waals surface area contributed by atoms with Crippen LogP contribution in [0.3, 0.4) is 0 Å². The third-order valence-corrected chi connectivity index (χ3v) is 4.52. The van der Waals surface area contributed by atoms with Crippen molar-refractivity contribution < 1.29 is 14.4 Å². The van der Waals surface area contributed by atoms with Crippen LogP contribution < -0.4 is 0 Å². The molecular formula is C17H21O3P. The van der Waals surface area contributed by atoms with Crippen LogP contribution in [0, 0.1) is 6.92 Å². The van der Waals surface area contributed by atoms with Crippen molar-refractivity contribution in [2.24, 2.45) is 0 Å². The molecule has 2 aromatic carbocycles. The zero-order valence-corrected chi connectivity index (χ0v) is 13.0. The summed E-state index contributed by atoms with van der Waals surface area (Å²) >= 11 is 0. The first-order valence-electron chi connectivity index (χ1n) is 7.12. The van der Waals surface area contributed by atoms with Crippen LogP contribution in [0.2, 0.25) is 0 Å². The topological polar surface area (TPSA) is 57.5 Å². The Labute approximate surface area is 125 Å². The maximum absolute atomic E-state index is 11.0. The first-order valence-corrected chi connectivity index (χ1v) is 8.91. The summed E-state index contributed by atoms with van der Waals surface area (Å²) in [5.41, 5.74) is 3.59. The van der Waals surface area contributed by atoms with Gasteiger partial charge in [0.2, 0.25) is 0 Å². The summed E-state index contributed by atoms with van der Waals surface area (Å²) in [6, 6.07) is 18.5. The van der Waals surface area contributed by atoms with Gasteiger partial charge in [-0.15, -0.1) is 0 Å². The molecule has 1 unspecified atom stereocenters. The maximum atomic E-state index is 11.0. The normalized spacial score (nSPS) is 13.1. The number of benzene rings is 2. The van der Waals surface area contributed by atoms with Crippen molar-refractivity contribution >= 4 is 7.60 Å². The Morgan fingerprint density at radius 1 is 0.952 bits per heavy atom. The van der Waals surface area contributed by atoms with Crippen LogP contribution in [-0.4, -0.2) is 15.9 Å². The summed E-state index contributed by atoms with van der Waals surface area (Å²) in [5, 5.41) is 0. The first-order chi connectivity index (χ1) is 9.96. The molecule has 4 heteroatoms. The third kappa shape index (κ3) is 5.13. The van der Waals surface area contributed by atoms with E-state index < -0.39 is 7.60 Å². The van der Waals surface area contributed by atoms with E-state index in [1.807, 2.05) is 18.2 Å². The molecule has 0 aromatic heterocycles. The lowest BCUT2D eigenvalue weighted by molar-refractivity contribution is 0.370. The van der Waals surface area contributed by atoms with E-state index in [1.54, 1.807) is 0 Å². The highest BCUT2D eigenvalue weighted by atomic mass is 31.2. The Hall–Kier alpha value is -1.41. The SMILES string of the molecule is Cc1ccc(C(CCCP(=O)(O)O)c2ccccc2)cc1. The molecule has 3 nitrogen and oxygen atoms in total. The minimum atomic E-state index is -3.91. The quantitative estimate of drug-likeness (QED) is 0.790. The van der Waals surface area contributed by atoms with Crippen LogP contribution in [0.1, 0.15) is 35.4 Å². The van der Waals surface area contributed by atoms with E-state index in [1.165, 1.54) is 16.7 Å². The zero-order valence-electron chi connectivity index (χ0n) is 12.1. The second-order valence-corrected chi connectivity index (χ2v) is 7.18. The van der Waals surface area contributed by atoms with Gasteiger partial charge in [-0.1, -0.05) is 60.2 Å². The minimum absolute atomic E-state index is 0.0534. The van der Waals surface area contributed by atoms with E-state index in [9.17, 15) is 4.57 Å². The van der Waals surface area contributed by atoms with Gasteiger partial charge in [-0.2, -0.15) is 0 Å². The van der Waals surface area contributed by atoms with E-state index in [0.29, 0.717) is 6.42 Å². The lowest BCUT2D eigenvalue weighted by Gasteiger charge is -2.18. The molecule has 112 valence electrons. The Morgan fingerprint density at radius 2 is 1.52 bits per heavy atom. The molecule has 2 aromatic rings. The molecule has 0 aliphatic rings. The maximum Gasteiger partial charge on any atom is 0.325 e. The molecule has 0 radical (unpaired) electrons. The van der Waals surface area contributed by atoms with Crippen LogP contribution in [0.15, 0.2) is 54.6 Å². The van der Waals surface area contributed by atoms with Crippen LogP contribution in [0.4, 0.5) is 0 Å². The van der Waals surface area contributed by atoms with Gasteiger partial charge < -0.3 is 9.79 Å². The Kier molecular flexibility index (Phi) is 5.35. The predicted octanol–water partition coefficient (Wildman–Crippen LogP) is 4.08. The average molecular weight is 304 g/mol. The van der Waals surface area contributed by atoms with Crippen molar-refractivity contribution in [1.29, 1.82) is 0 Å². The van der Waals surface area contributed by atoms with Gasteiger partial charge in [0, 0.05) is 12.1 Å². The number of rotatable bonds is 6. The van der Waals surface area contributed by atoms with Crippen molar-refractivity contribution in [3.63, 3.8) is 0 Å². The predicted molar refractivity (Wildman–Crippen MR) is 85.6 cm³/mol. The van der Waals surface area contributed by atoms with E-state index in [4.69, 9.17) is 9.79 Å². The molecule has 21 heavy (non-hydrogen) atoms. The van der Waals surface area contributed by atoms with E-state index >= 15 is 0 Å². The summed E-state index contributed by atoms with van der Waals surface area (Å²) in [5.74, 6) is 0.179. The van der Waals surface area contributed by atoms with Gasteiger partial charge in [-0.25, -0.2) is 0 Å². The van der Waals surface area contributed by atoms with Crippen LogP contribution in [0.25, 0.3) is 0 Å². The van der Waals surface area contributed by atoms with Gasteiger partial charge in [0.25, 0.3) is 0 Å². The second kappa shape index (κ2) is 7.04. The molecule has 1 atom stereocenters. The lowest BCUT2D eigenvalue weighted by Crippen LogP contribution is -2.03. The van der Waals surface area contributed by atoms with Crippen LogP contribution >= 0.6 is 7.60 Å². The first kappa shape index (κ1) is 16.0. The van der Waals surface area contributed by atoms with Crippen molar-refractivity contribution in [3.05, 3.63) is 71.3 Å². The highest BCUT2D eigenvalue weighted by Gasteiger charge is 2.17. The smallest absolute Gasteiger partial charge is 0.324 e. The van der Waals surface area contributed by atoms with Gasteiger partial charge in [-0.05, 0) is 30.9 Å².